The molecule has 74 heavy (non-hydrogen) atoms. The first kappa shape index (κ1) is 52.8. The summed E-state index contributed by atoms with van der Waals surface area (Å²) in [6.07, 6.45) is -5.01. The largest absolute Gasteiger partial charge is 0.289 e. The van der Waals surface area contributed by atoms with Gasteiger partial charge in [-0.15, -0.1) is 21.9 Å². The van der Waals surface area contributed by atoms with E-state index in [1.165, 1.54) is 37.2 Å². The van der Waals surface area contributed by atoms with Gasteiger partial charge in [0.15, 0.2) is 80.5 Å². The van der Waals surface area contributed by atoms with Crippen molar-refractivity contribution in [3.8, 4) is 0 Å². The molecule has 0 N–H and O–H groups in total. The van der Waals surface area contributed by atoms with Crippen molar-refractivity contribution in [3.63, 3.8) is 0 Å². The third-order valence-electron chi connectivity index (χ3n) is 12.2. The van der Waals surface area contributed by atoms with E-state index in [1.54, 1.807) is 0 Å². The van der Waals surface area contributed by atoms with Crippen LogP contribution in [0.5, 0.6) is 0 Å². The molecular weight excluding hydrogens is 1050 g/mol. The summed E-state index contributed by atoms with van der Waals surface area (Å²) in [4.78, 5) is 14.2. The molecule has 23 heteroatoms. The van der Waals surface area contributed by atoms with Crippen LogP contribution < -0.4 is 21.9 Å². The van der Waals surface area contributed by atoms with E-state index in [-0.39, 0.29) is 16.7 Å². The molecule has 9 aromatic rings. The van der Waals surface area contributed by atoms with Gasteiger partial charge in [0.05, 0.1) is 0 Å². The van der Waals surface area contributed by atoms with E-state index >= 15 is 35.1 Å². The highest BCUT2D eigenvalue weighted by Gasteiger charge is 2.52. The van der Waals surface area contributed by atoms with Crippen molar-refractivity contribution in [2.75, 3.05) is 12.0 Å². The quantitative estimate of drug-likeness (QED) is 0.0282. The fourth-order valence-electron chi connectivity index (χ4n) is 8.94. The van der Waals surface area contributed by atoms with Gasteiger partial charge in [0.2, 0.25) is 5.78 Å². The van der Waals surface area contributed by atoms with Crippen LogP contribution in [0, 0.1) is 116 Å². The molecule has 0 bridgehead atoms. The lowest BCUT2D eigenvalue weighted by molar-refractivity contribution is 0.102. The number of carbonyl (C=O) groups is 1. The third-order valence-corrected chi connectivity index (χ3v) is 14.0. The van der Waals surface area contributed by atoms with Gasteiger partial charge >= 0.3 is 0 Å². The van der Waals surface area contributed by atoms with E-state index in [9.17, 15) is 57.5 Å². The van der Waals surface area contributed by atoms with Gasteiger partial charge in [0.1, 0.15) is 58.9 Å². The van der Waals surface area contributed by atoms with Crippen LogP contribution in [0.1, 0.15) is 10.4 Å². The average Bonchev–Trinajstić information content (AvgIpc) is 3.39. The lowest BCUT2D eigenvalue weighted by Crippen LogP contribution is -2.81. The summed E-state index contributed by atoms with van der Waals surface area (Å²) in [6, 6.07) is 33.5. The van der Waals surface area contributed by atoms with Crippen LogP contribution in [0.4, 0.5) is 87.8 Å². The van der Waals surface area contributed by atoms with E-state index in [2.05, 4.69) is 73.0 Å². The first-order valence-corrected chi connectivity index (χ1v) is 22.5. The fraction of sp³-hybridized carbons (Fsp3) is 0.0392. The molecule has 0 amide bonds. The maximum Gasteiger partial charge on any atom is 0.212 e. The summed E-state index contributed by atoms with van der Waals surface area (Å²) < 4.78 is 294. The second kappa shape index (κ2) is 19.7. The molecule has 1 atom stereocenters. The molecule has 1 nitrogen and oxygen atoms in total. The molecule has 9 rings (SSSR count). The third kappa shape index (κ3) is 8.15. The number of hydrogen-bond acceptors (Lipinski definition) is 1. The molecule has 0 fully saturated rings. The van der Waals surface area contributed by atoms with Crippen LogP contribution in [-0.4, -0.2) is 23.9 Å². The highest BCUT2D eigenvalue weighted by atomic mass is 32.2. The number of fused-ring (bicyclic) bond motifs is 3. The van der Waals surface area contributed by atoms with Crippen LogP contribution in [0.25, 0.3) is 32.3 Å². The van der Waals surface area contributed by atoms with Crippen molar-refractivity contribution in [2.24, 2.45) is 0 Å². The lowest BCUT2D eigenvalue weighted by Gasteiger charge is -2.44. The monoisotopic (exact) mass is 1070 g/mol. The van der Waals surface area contributed by atoms with Gasteiger partial charge < -0.3 is 0 Å². The Kier molecular flexibility index (Phi) is 14.0. The van der Waals surface area contributed by atoms with Crippen molar-refractivity contribution in [2.45, 2.75) is 4.90 Å². The minimum Gasteiger partial charge on any atom is -0.289 e. The lowest BCUT2D eigenvalue weighted by atomic mass is 9.12. The number of Topliss-reactive ketones (excluding diaryl/α,β-unsaturated/α-hetero) is 1. The van der Waals surface area contributed by atoms with Gasteiger partial charge in [-0.3, -0.25) is 4.79 Å². The Labute approximate surface area is 404 Å². The molecular formula is C51H21BF20OS. The highest BCUT2D eigenvalue weighted by molar-refractivity contribution is 7.97. The van der Waals surface area contributed by atoms with Gasteiger partial charge in [0, 0.05) is 27.2 Å². The first-order chi connectivity index (χ1) is 34.9. The second-order valence-electron chi connectivity index (χ2n) is 16.2. The summed E-state index contributed by atoms with van der Waals surface area (Å²) in [6.45, 7) is 0. The number of rotatable bonds is 8. The van der Waals surface area contributed by atoms with E-state index in [0.29, 0.717) is 5.75 Å². The van der Waals surface area contributed by atoms with Gasteiger partial charge in [-0.2, -0.15) is 0 Å². The molecule has 0 aliphatic carbocycles. The molecule has 0 aromatic heterocycles. The Morgan fingerprint density at radius 3 is 0.986 bits per heavy atom. The van der Waals surface area contributed by atoms with E-state index < -0.39 is 144 Å². The molecule has 9 aromatic carbocycles. The van der Waals surface area contributed by atoms with E-state index in [4.69, 9.17) is 0 Å². The Hall–Kier alpha value is -7.56. The van der Waals surface area contributed by atoms with Crippen molar-refractivity contribution in [3.05, 3.63) is 219 Å². The molecule has 0 heterocycles. The zero-order valence-corrected chi connectivity index (χ0v) is 37.2. The normalized spacial score (nSPS) is 12.2. The predicted octanol–water partition coefficient (Wildman–Crippen LogP) is 12.5. The fourth-order valence-corrected chi connectivity index (χ4v) is 10.8. The summed E-state index contributed by atoms with van der Waals surface area (Å²) in [5.74, 6) is -70.7. The molecule has 380 valence electrons. The number of benzene rings is 9. The molecule has 0 radical (unpaired) electrons. The molecule has 0 aliphatic rings. The van der Waals surface area contributed by atoms with Crippen molar-refractivity contribution >= 4 is 77.0 Å². The van der Waals surface area contributed by atoms with Gasteiger partial charge in [-0.1, -0.05) is 72.8 Å². The van der Waals surface area contributed by atoms with Crippen LogP contribution >= 0.6 is 0 Å². The van der Waals surface area contributed by atoms with Crippen molar-refractivity contribution < 1.29 is 92.6 Å². The summed E-state index contributed by atoms with van der Waals surface area (Å²) in [7, 11) is -0.206. The minimum absolute atomic E-state index is 0.206. The van der Waals surface area contributed by atoms with Crippen LogP contribution in [0.15, 0.2) is 102 Å². The van der Waals surface area contributed by atoms with Gasteiger partial charge in [-0.05, 0) is 45.8 Å². The Morgan fingerprint density at radius 1 is 0.338 bits per heavy atom. The zero-order chi connectivity index (χ0) is 54.2. The standard InChI is InChI=1S/C27H21OS.C24BF20/c1-29(18-26(28)19-9-3-2-4-10-19)27-24-14-8-7-13-22(24)16-23-15-20-11-5-6-12-21(20)17-25(23)27;26-5-1(6(27)14(35)21(42)13(5)34)25(2-7(28)15(36)22(43)16(37)8(2)29,3-9(30)17(38)23(44)18(39)10(3)31)4-11(32)19(40)24(45)20(41)12(4)33/h2-17H,18H2,1H3;/q+1;-1. The molecule has 0 saturated heterocycles. The van der Waals surface area contributed by atoms with Crippen LogP contribution in [0.3, 0.4) is 0 Å². The Morgan fingerprint density at radius 2 is 0.622 bits per heavy atom. The summed E-state index contributed by atoms with van der Waals surface area (Å²) >= 11 is 0. The smallest absolute Gasteiger partial charge is 0.212 e. The minimum atomic E-state index is -7.22. The highest BCUT2D eigenvalue weighted by Crippen LogP contribution is 2.36. The summed E-state index contributed by atoms with van der Waals surface area (Å²) in [5.41, 5.74) is -13.5. The Balaban J connectivity index is 0.000000215. The van der Waals surface area contributed by atoms with Crippen LogP contribution in [-0.2, 0) is 10.9 Å². The second-order valence-corrected chi connectivity index (χ2v) is 18.2. The molecule has 0 saturated carbocycles. The maximum absolute atomic E-state index is 15.4. The van der Waals surface area contributed by atoms with Crippen LogP contribution in [0.2, 0.25) is 0 Å². The average molecular weight is 1070 g/mol. The van der Waals surface area contributed by atoms with Gasteiger partial charge in [-0.25, -0.2) is 87.8 Å². The van der Waals surface area contributed by atoms with Gasteiger partial charge in [0.25, 0.3) is 0 Å². The van der Waals surface area contributed by atoms with Crippen molar-refractivity contribution in [1.29, 1.82) is 0 Å². The maximum atomic E-state index is 15.4. The number of ketones is 1. The predicted molar refractivity (Wildman–Crippen MR) is 235 cm³/mol. The van der Waals surface area contributed by atoms with E-state index in [0.717, 1.165) is 5.56 Å². The molecule has 1 unspecified atom stereocenters. The first-order valence-electron chi connectivity index (χ1n) is 20.7. The Bertz CT molecular complexity index is 3430. The topological polar surface area (TPSA) is 17.1 Å². The molecule has 0 spiro atoms. The number of hydrogen-bond donors (Lipinski definition) is 0. The van der Waals surface area contributed by atoms with E-state index in [1.807, 2.05) is 30.3 Å². The number of halogens is 20. The van der Waals surface area contributed by atoms with Crippen molar-refractivity contribution in [1.82, 2.24) is 0 Å². The SMILES string of the molecule is C[S+](CC(=O)c1ccccc1)c1c2ccccc2cc2cc3ccccc3cc12.Fc1c(F)c(F)c([B-](c2c(F)c(F)c(F)c(F)c2F)(c2c(F)c(F)c(F)c(F)c2F)c2c(F)c(F)c(F)c(F)c2F)c(F)c1F. The summed E-state index contributed by atoms with van der Waals surface area (Å²) in [5, 5.41) is 7.47. The zero-order valence-electron chi connectivity index (χ0n) is 36.4. The molecule has 0 aliphatic heterocycles. The number of carbonyl (C=O) groups excluding carboxylic acids is 1.